The lowest BCUT2D eigenvalue weighted by molar-refractivity contribution is -0.125. The Labute approximate surface area is 146 Å². The van der Waals surface area contributed by atoms with Gasteiger partial charge in [-0.25, -0.2) is 0 Å². The van der Waals surface area contributed by atoms with E-state index in [1.54, 1.807) is 23.3 Å². The first kappa shape index (κ1) is 15.6. The molecule has 4 rings (SSSR count). The van der Waals surface area contributed by atoms with E-state index in [1.165, 1.54) is 5.56 Å². The van der Waals surface area contributed by atoms with Crippen LogP contribution in [0.4, 0.5) is 0 Å². The average molecular weight is 332 g/mol. The first-order chi connectivity index (χ1) is 12.3. The third kappa shape index (κ3) is 3.05. The molecular formula is C20H20N4O. The highest BCUT2D eigenvalue weighted by atomic mass is 16.2. The van der Waals surface area contributed by atoms with Crippen LogP contribution in [0.3, 0.4) is 0 Å². The van der Waals surface area contributed by atoms with E-state index in [4.69, 9.17) is 0 Å². The molecule has 1 aromatic carbocycles. The maximum absolute atomic E-state index is 12.7. The van der Waals surface area contributed by atoms with E-state index in [0.29, 0.717) is 0 Å². The average Bonchev–Trinajstić information content (AvgIpc) is 3.08. The second-order valence-corrected chi connectivity index (χ2v) is 6.46. The minimum absolute atomic E-state index is 0.0115. The number of aromatic nitrogens is 3. The van der Waals surface area contributed by atoms with Crippen molar-refractivity contribution in [1.29, 1.82) is 0 Å². The molecule has 0 unspecified atom stereocenters. The van der Waals surface area contributed by atoms with Crippen molar-refractivity contribution in [3.8, 4) is 11.3 Å². The smallest absolute Gasteiger partial charge is 0.242 e. The summed E-state index contributed by atoms with van der Waals surface area (Å²) < 4.78 is 1.74. The number of hydrogen-bond acceptors (Lipinski definition) is 3. The summed E-state index contributed by atoms with van der Waals surface area (Å²) in [6.07, 6.45) is 8.31. The number of pyridine rings is 1. The first-order valence-corrected chi connectivity index (χ1v) is 8.56. The van der Waals surface area contributed by atoms with Crippen molar-refractivity contribution in [3.05, 3.63) is 72.7 Å². The monoisotopic (exact) mass is 332 g/mol. The highest BCUT2D eigenvalue weighted by molar-refractivity contribution is 5.78. The number of nitrogens with one attached hydrogen (secondary N) is 1. The number of rotatable bonds is 5. The quantitative estimate of drug-likeness (QED) is 0.781. The molecule has 3 aromatic rings. The number of amides is 1. The summed E-state index contributed by atoms with van der Waals surface area (Å²) in [6.45, 7) is 0.208. The third-order valence-corrected chi connectivity index (χ3v) is 4.90. The van der Waals surface area contributed by atoms with E-state index in [0.717, 1.165) is 30.5 Å². The molecule has 5 heteroatoms. The molecular weight excluding hydrogens is 312 g/mol. The third-order valence-electron chi connectivity index (χ3n) is 4.90. The predicted octanol–water partition coefficient (Wildman–Crippen LogP) is 3.14. The molecule has 0 atom stereocenters. The molecule has 1 fully saturated rings. The second-order valence-electron chi connectivity index (χ2n) is 6.46. The van der Waals surface area contributed by atoms with Gasteiger partial charge in [-0.1, -0.05) is 30.3 Å². The number of carbonyl (C=O) groups excluding carboxylic acids is 1. The SMILES string of the molecule is O=C(Cn1nccc1-c1ccncc1)NC1(c2ccccc2)CCC1. The van der Waals surface area contributed by atoms with Crippen LogP contribution >= 0.6 is 0 Å². The van der Waals surface area contributed by atoms with Gasteiger partial charge in [-0.3, -0.25) is 14.5 Å². The largest absolute Gasteiger partial charge is 0.345 e. The van der Waals surface area contributed by atoms with Crippen LogP contribution in [0.1, 0.15) is 24.8 Å². The Bertz CT molecular complexity index is 854. The summed E-state index contributed by atoms with van der Waals surface area (Å²) in [4.78, 5) is 16.7. The number of nitrogens with zero attached hydrogens (tertiary/aromatic N) is 3. The van der Waals surface area contributed by atoms with Crippen LogP contribution in [-0.4, -0.2) is 20.7 Å². The fourth-order valence-corrected chi connectivity index (χ4v) is 3.44. The van der Waals surface area contributed by atoms with Crippen LogP contribution in [0.15, 0.2) is 67.1 Å². The number of carbonyl (C=O) groups is 1. The van der Waals surface area contributed by atoms with Gasteiger partial charge in [-0.05, 0) is 43.0 Å². The lowest BCUT2D eigenvalue weighted by Crippen LogP contribution is -2.51. The maximum Gasteiger partial charge on any atom is 0.242 e. The van der Waals surface area contributed by atoms with Gasteiger partial charge in [0.25, 0.3) is 0 Å². The highest BCUT2D eigenvalue weighted by Crippen LogP contribution is 2.41. The van der Waals surface area contributed by atoms with Gasteiger partial charge in [-0.2, -0.15) is 5.10 Å². The molecule has 0 radical (unpaired) electrons. The molecule has 1 aliphatic rings. The minimum atomic E-state index is -0.220. The van der Waals surface area contributed by atoms with Crippen LogP contribution in [0.2, 0.25) is 0 Å². The zero-order valence-corrected chi connectivity index (χ0v) is 13.9. The molecule has 1 N–H and O–H groups in total. The van der Waals surface area contributed by atoms with E-state index >= 15 is 0 Å². The normalized spacial score (nSPS) is 15.4. The van der Waals surface area contributed by atoms with Crippen molar-refractivity contribution in [3.63, 3.8) is 0 Å². The Balaban J connectivity index is 1.51. The topological polar surface area (TPSA) is 59.8 Å². The van der Waals surface area contributed by atoms with Crippen LogP contribution in [0.5, 0.6) is 0 Å². The summed E-state index contributed by atoms with van der Waals surface area (Å²) in [5.41, 5.74) is 2.88. The summed E-state index contributed by atoms with van der Waals surface area (Å²) in [6, 6.07) is 16.0. The fourth-order valence-electron chi connectivity index (χ4n) is 3.44. The van der Waals surface area contributed by atoms with E-state index in [1.807, 2.05) is 36.4 Å². The van der Waals surface area contributed by atoms with E-state index < -0.39 is 0 Å². The Hall–Kier alpha value is -2.95. The molecule has 2 aromatic heterocycles. The van der Waals surface area contributed by atoms with Crippen molar-refractivity contribution < 1.29 is 4.79 Å². The summed E-state index contributed by atoms with van der Waals surface area (Å²) >= 11 is 0. The van der Waals surface area contributed by atoms with Crippen molar-refractivity contribution in [2.24, 2.45) is 0 Å². The number of benzene rings is 1. The van der Waals surface area contributed by atoms with Gasteiger partial charge < -0.3 is 5.32 Å². The van der Waals surface area contributed by atoms with Crippen LogP contribution in [-0.2, 0) is 16.9 Å². The Morgan fingerprint density at radius 1 is 1.04 bits per heavy atom. The Kier molecular flexibility index (Phi) is 4.06. The van der Waals surface area contributed by atoms with Gasteiger partial charge in [0.15, 0.2) is 0 Å². The lowest BCUT2D eigenvalue weighted by atomic mass is 9.72. The molecule has 1 aliphatic carbocycles. The van der Waals surface area contributed by atoms with Gasteiger partial charge in [0.1, 0.15) is 6.54 Å². The first-order valence-electron chi connectivity index (χ1n) is 8.56. The minimum Gasteiger partial charge on any atom is -0.345 e. The summed E-state index contributed by atoms with van der Waals surface area (Å²) in [5.74, 6) is -0.0115. The molecule has 0 saturated heterocycles. The van der Waals surface area contributed by atoms with Crippen molar-refractivity contribution >= 4 is 5.91 Å². The van der Waals surface area contributed by atoms with E-state index in [9.17, 15) is 4.79 Å². The molecule has 25 heavy (non-hydrogen) atoms. The second kappa shape index (κ2) is 6.51. The zero-order chi connectivity index (χ0) is 17.1. The summed E-state index contributed by atoms with van der Waals surface area (Å²) in [5, 5.41) is 7.57. The molecule has 0 aliphatic heterocycles. The standard InChI is InChI=1S/C20H20N4O/c25-19(23-20(10-4-11-20)17-5-2-1-3-6-17)15-24-18(9-14-22-24)16-7-12-21-13-8-16/h1-3,5-9,12-14H,4,10-11,15H2,(H,23,25). The number of hydrogen-bond donors (Lipinski definition) is 1. The van der Waals surface area contributed by atoms with E-state index in [-0.39, 0.29) is 18.0 Å². The van der Waals surface area contributed by atoms with Crippen molar-refractivity contribution in [1.82, 2.24) is 20.1 Å². The maximum atomic E-state index is 12.7. The molecule has 0 spiro atoms. The van der Waals surface area contributed by atoms with Crippen LogP contribution in [0, 0.1) is 0 Å². The fraction of sp³-hybridized carbons (Fsp3) is 0.250. The highest BCUT2D eigenvalue weighted by Gasteiger charge is 2.39. The zero-order valence-electron chi connectivity index (χ0n) is 13.9. The van der Waals surface area contributed by atoms with Gasteiger partial charge >= 0.3 is 0 Å². The molecule has 0 bridgehead atoms. The van der Waals surface area contributed by atoms with Gasteiger partial charge in [0.2, 0.25) is 5.91 Å². The molecule has 1 amide bonds. The molecule has 5 nitrogen and oxygen atoms in total. The Morgan fingerprint density at radius 2 is 1.80 bits per heavy atom. The van der Waals surface area contributed by atoms with Crippen LogP contribution in [0.25, 0.3) is 11.3 Å². The van der Waals surface area contributed by atoms with Crippen molar-refractivity contribution in [2.45, 2.75) is 31.3 Å². The van der Waals surface area contributed by atoms with Gasteiger partial charge in [0, 0.05) is 24.2 Å². The van der Waals surface area contributed by atoms with E-state index in [2.05, 4.69) is 27.5 Å². The lowest BCUT2D eigenvalue weighted by Gasteiger charge is -2.43. The predicted molar refractivity (Wildman–Crippen MR) is 95.6 cm³/mol. The van der Waals surface area contributed by atoms with Crippen molar-refractivity contribution in [2.75, 3.05) is 0 Å². The van der Waals surface area contributed by atoms with Crippen LogP contribution < -0.4 is 5.32 Å². The molecule has 2 heterocycles. The van der Waals surface area contributed by atoms with Gasteiger partial charge in [0.05, 0.1) is 11.2 Å². The Morgan fingerprint density at radius 3 is 2.48 bits per heavy atom. The summed E-state index contributed by atoms with van der Waals surface area (Å²) in [7, 11) is 0. The molecule has 126 valence electrons. The van der Waals surface area contributed by atoms with Gasteiger partial charge in [-0.15, -0.1) is 0 Å². The molecule has 1 saturated carbocycles.